The molecule has 0 aliphatic carbocycles. The molecule has 0 aliphatic heterocycles. The quantitative estimate of drug-likeness (QED) is 0.480. The smallest absolute Gasteiger partial charge is 0.319 e. The molecule has 0 atom stereocenters. The zero-order chi connectivity index (χ0) is 21.8. The summed E-state index contributed by atoms with van der Waals surface area (Å²) in [6.07, 6.45) is -0.671. The highest BCUT2D eigenvalue weighted by atomic mass is 19.3. The van der Waals surface area contributed by atoms with Gasteiger partial charge in [-0.2, -0.15) is 22.5 Å². The van der Waals surface area contributed by atoms with Crippen LogP contribution < -0.4 is 5.32 Å². The highest BCUT2D eigenvalue weighted by Gasteiger charge is 2.22. The van der Waals surface area contributed by atoms with Gasteiger partial charge in [0.15, 0.2) is 0 Å². The summed E-state index contributed by atoms with van der Waals surface area (Å²) in [7, 11) is 1.27. The third kappa shape index (κ3) is 4.61. The first-order chi connectivity index (χ1) is 14.3. The van der Waals surface area contributed by atoms with Crippen LogP contribution in [0.4, 0.5) is 23.2 Å². The Hall–Kier alpha value is -3.77. The predicted molar refractivity (Wildman–Crippen MR) is 93.3 cm³/mol. The standard InChI is InChI=1S/C17H14F4N6O3/c1-26(8-11-22-6-7-27(11)17(20)21)16(29)14(28)23-10-4-2-9(3-5-10)13-24-15(12(18)19)30-25-13/h2-7,12,17H,8H2,1H3,(H,23,28). The third-order valence-corrected chi connectivity index (χ3v) is 3.91. The molecule has 158 valence electrons. The second-order valence-electron chi connectivity index (χ2n) is 5.98. The first-order valence-electron chi connectivity index (χ1n) is 8.34. The van der Waals surface area contributed by atoms with Crippen molar-refractivity contribution < 1.29 is 31.7 Å². The third-order valence-electron chi connectivity index (χ3n) is 3.91. The first-order valence-corrected chi connectivity index (χ1v) is 8.34. The number of halogens is 4. The van der Waals surface area contributed by atoms with Crippen LogP contribution >= 0.6 is 0 Å². The van der Waals surface area contributed by atoms with Crippen molar-refractivity contribution in [3.63, 3.8) is 0 Å². The van der Waals surface area contributed by atoms with Gasteiger partial charge in [-0.1, -0.05) is 5.16 Å². The Morgan fingerprint density at radius 1 is 1.20 bits per heavy atom. The van der Waals surface area contributed by atoms with Gasteiger partial charge in [-0.25, -0.2) is 4.98 Å². The van der Waals surface area contributed by atoms with Gasteiger partial charge in [-0.05, 0) is 24.3 Å². The topological polar surface area (TPSA) is 106 Å². The van der Waals surface area contributed by atoms with Gasteiger partial charge in [0.05, 0.1) is 6.54 Å². The Bertz CT molecular complexity index is 1030. The average molecular weight is 426 g/mol. The molecule has 0 fully saturated rings. The molecule has 30 heavy (non-hydrogen) atoms. The van der Waals surface area contributed by atoms with Crippen LogP contribution in [0.15, 0.2) is 41.2 Å². The largest absolute Gasteiger partial charge is 0.333 e. The SMILES string of the molecule is CN(Cc1nccn1C(F)F)C(=O)C(=O)Nc1ccc(-c2noc(C(F)F)n2)cc1. The van der Waals surface area contributed by atoms with Crippen molar-refractivity contribution >= 4 is 17.5 Å². The first kappa shape index (κ1) is 21.0. The van der Waals surface area contributed by atoms with E-state index in [2.05, 4.69) is 25.0 Å². The van der Waals surface area contributed by atoms with Crippen molar-refractivity contribution in [3.05, 3.63) is 48.4 Å². The molecule has 0 saturated heterocycles. The summed E-state index contributed by atoms with van der Waals surface area (Å²) in [6.45, 7) is -3.12. The van der Waals surface area contributed by atoms with Crippen molar-refractivity contribution in [2.75, 3.05) is 12.4 Å². The molecule has 0 unspecified atom stereocenters. The number of hydrogen-bond acceptors (Lipinski definition) is 6. The van der Waals surface area contributed by atoms with E-state index in [1.165, 1.54) is 31.3 Å². The Kier molecular flexibility index (Phi) is 6.09. The minimum Gasteiger partial charge on any atom is -0.333 e. The van der Waals surface area contributed by atoms with Crippen molar-refractivity contribution in [1.29, 1.82) is 0 Å². The van der Waals surface area contributed by atoms with Crippen molar-refractivity contribution in [2.24, 2.45) is 0 Å². The fourth-order valence-electron chi connectivity index (χ4n) is 2.43. The van der Waals surface area contributed by atoms with E-state index in [9.17, 15) is 27.2 Å². The maximum atomic E-state index is 12.8. The number of aromatic nitrogens is 4. The Morgan fingerprint density at radius 2 is 1.90 bits per heavy atom. The summed E-state index contributed by atoms with van der Waals surface area (Å²) in [5.74, 6) is -2.93. The van der Waals surface area contributed by atoms with Crippen LogP contribution in [0.5, 0.6) is 0 Å². The monoisotopic (exact) mass is 426 g/mol. The van der Waals surface area contributed by atoms with E-state index in [1.807, 2.05) is 0 Å². The number of alkyl halides is 4. The number of rotatable bonds is 6. The van der Waals surface area contributed by atoms with Crippen LogP contribution in [-0.2, 0) is 16.1 Å². The number of benzene rings is 1. The number of nitrogens with one attached hydrogen (secondary N) is 1. The van der Waals surface area contributed by atoms with E-state index >= 15 is 0 Å². The van der Waals surface area contributed by atoms with Gasteiger partial charge in [0, 0.05) is 30.7 Å². The molecule has 3 rings (SSSR count). The highest BCUT2D eigenvalue weighted by molar-refractivity contribution is 6.39. The van der Waals surface area contributed by atoms with Crippen LogP contribution in [0, 0.1) is 0 Å². The predicted octanol–water partition coefficient (Wildman–Crippen LogP) is 2.86. The summed E-state index contributed by atoms with van der Waals surface area (Å²) in [4.78, 5) is 32.6. The van der Waals surface area contributed by atoms with E-state index in [-0.39, 0.29) is 23.9 Å². The van der Waals surface area contributed by atoms with Gasteiger partial charge in [-0.15, -0.1) is 0 Å². The van der Waals surface area contributed by atoms with Crippen molar-refractivity contribution in [1.82, 2.24) is 24.6 Å². The van der Waals surface area contributed by atoms with Gasteiger partial charge in [0.2, 0.25) is 5.82 Å². The lowest BCUT2D eigenvalue weighted by Gasteiger charge is -2.17. The molecule has 9 nitrogen and oxygen atoms in total. The zero-order valence-corrected chi connectivity index (χ0v) is 15.3. The normalized spacial score (nSPS) is 11.2. The van der Waals surface area contributed by atoms with Crippen LogP contribution in [0.1, 0.15) is 24.7 Å². The molecule has 2 amide bonds. The molecule has 2 heterocycles. The number of hydrogen-bond donors (Lipinski definition) is 1. The number of nitrogens with zero attached hydrogens (tertiary/aromatic N) is 5. The lowest BCUT2D eigenvalue weighted by atomic mass is 10.2. The van der Waals surface area contributed by atoms with E-state index in [1.54, 1.807) is 0 Å². The van der Waals surface area contributed by atoms with Crippen LogP contribution in [-0.4, -0.2) is 43.5 Å². The molecule has 0 saturated carbocycles. The molecule has 13 heteroatoms. The maximum absolute atomic E-state index is 12.8. The molecule has 1 N–H and O–H groups in total. The van der Waals surface area contributed by atoms with Crippen molar-refractivity contribution in [3.8, 4) is 11.4 Å². The lowest BCUT2D eigenvalue weighted by molar-refractivity contribution is -0.142. The number of carbonyl (C=O) groups is 2. The van der Waals surface area contributed by atoms with Gasteiger partial charge < -0.3 is 14.7 Å². The maximum Gasteiger partial charge on any atom is 0.319 e. The Morgan fingerprint density at radius 3 is 2.50 bits per heavy atom. The fourth-order valence-corrected chi connectivity index (χ4v) is 2.43. The summed E-state index contributed by atoms with van der Waals surface area (Å²) in [5, 5.41) is 5.78. The van der Waals surface area contributed by atoms with Crippen LogP contribution in [0.3, 0.4) is 0 Å². The molecule has 0 radical (unpaired) electrons. The van der Waals surface area contributed by atoms with E-state index in [4.69, 9.17) is 0 Å². The number of carbonyl (C=O) groups excluding carboxylic acids is 2. The number of likely N-dealkylation sites (N-methyl/N-ethyl adjacent to an activating group) is 1. The van der Waals surface area contributed by atoms with Crippen molar-refractivity contribution in [2.45, 2.75) is 19.5 Å². The highest BCUT2D eigenvalue weighted by Crippen LogP contribution is 2.22. The second-order valence-corrected chi connectivity index (χ2v) is 5.98. The zero-order valence-electron chi connectivity index (χ0n) is 15.3. The fraction of sp³-hybridized carbons (Fsp3) is 0.235. The van der Waals surface area contributed by atoms with Gasteiger partial charge in [-0.3, -0.25) is 14.2 Å². The summed E-state index contributed by atoms with van der Waals surface area (Å²) < 4.78 is 55.7. The second kappa shape index (κ2) is 8.71. The Balaban J connectivity index is 1.61. The number of anilines is 1. The molecule has 0 bridgehead atoms. The van der Waals surface area contributed by atoms with Crippen LogP contribution in [0.25, 0.3) is 11.4 Å². The molecule has 2 aromatic heterocycles. The summed E-state index contributed by atoms with van der Waals surface area (Å²) in [5.41, 5.74) is 0.586. The number of amides is 2. The van der Waals surface area contributed by atoms with Crippen LogP contribution in [0.2, 0.25) is 0 Å². The Labute approximate surface area is 166 Å². The molecule has 3 aromatic rings. The van der Waals surface area contributed by atoms with Gasteiger partial charge in [0.1, 0.15) is 5.82 Å². The van der Waals surface area contributed by atoms with E-state index < -0.39 is 30.7 Å². The van der Waals surface area contributed by atoms with Gasteiger partial charge >= 0.3 is 24.8 Å². The number of imidazole rings is 1. The molecule has 0 aliphatic rings. The van der Waals surface area contributed by atoms with E-state index in [0.29, 0.717) is 10.1 Å². The molecular formula is C17H14F4N6O3. The van der Waals surface area contributed by atoms with Gasteiger partial charge in [0.25, 0.3) is 5.89 Å². The minimum absolute atomic E-state index is 0.0616. The minimum atomic E-state index is -2.90. The lowest BCUT2D eigenvalue weighted by Crippen LogP contribution is -2.37. The average Bonchev–Trinajstić information content (AvgIpc) is 3.37. The molecular weight excluding hydrogens is 412 g/mol. The van der Waals surface area contributed by atoms with E-state index in [0.717, 1.165) is 17.3 Å². The summed E-state index contributed by atoms with van der Waals surface area (Å²) in [6, 6.07) is 5.68. The summed E-state index contributed by atoms with van der Waals surface area (Å²) >= 11 is 0. The molecule has 1 aromatic carbocycles. The molecule has 0 spiro atoms.